The van der Waals surface area contributed by atoms with Crippen molar-refractivity contribution in [3.05, 3.63) is 23.8 Å². The summed E-state index contributed by atoms with van der Waals surface area (Å²) in [4.78, 5) is 11.9. The molecule has 0 atom stereocenters. The molecule has 84 valence electrons. The van der Waals surface area contributed by atoms with Crippen LogP contribution in [0.1, 0.15) is 12.5 Å². The fourth-order valence-corrected chi connectivity index (χ4v) is 1.57. The minimum Gasteiger partial charge on any atom is -0.434 e. The van der Waals surface area contributed by atoms with E-state index in [2.05, 4.69) is 4.74 Å². The molecule has 1 rings (SSSR count). The van der Waals surface area contributed by atoms with Gasteiger partial charge in [-0.05, 0) is 49.4 Å². The van der Waals surface area contributed by atoms with E-state index in [0.717, 1.165) is 22.2 Å². The van der Waals surface area contributed by atoms with Crippen LogP contribution < -0.4 is 4.74 Å². The molecule has 0 radical (unpaired) electrons. The van der Waals surface area contributed by atoms with Gasteiger partial charge in [-0.1, -0.05) is 0 Å². The summed E-state index contributed by atoms with van der Waals surface area (Å²) in [5.74, 6) is 0.445. The number of nitriles is 1. The summed E-state index contributed by atoms with van der Waals surface area (Å²) in [5, 5.41) is 10.5. The van der Waals surface area contributed by atoms with E-state index < -0.39 is 6.16 Å². The van der Waals surface area contributed by atoms with Crippen LogP contribution in [-0.4, -0.2) is 12.8 Å². The number of carbonyl (C=O) groups excluding carboxylic acids is 1. The van der Waals surface area contributed by atoms with E-state index in [1.165, 1.54) is 0 Å². The summed E-state index contributed by atoms with van der Waals surface area (Å²) >= 11 is 1.06. The van der Waals surface area contributed by atoms with Gasteiger partial charge in [0.2, 0.25) is 0 Å². The predicted molar refractivity (Wildman–Crippen MR) is 60.3 cm³/mol. The second-order valence-electron chi connectivity index (χ2n) is 2.91. The third-order valence-electron chi connectivity index (χ3n) is 1.77. The van der Waals surface area contributed by atoms with Crippen LogP contribution >= 0.6 is 11.8 Å². The first-order valence-corrected chi connectivity index (χ1v) is 5.50. The zero-order chi connectivity index (χ0) is 12.0. The average Bonchev–Trinajstić information content (AvgIpc) is 2.23. The van der Waals surface area contributed by atoms with Gasteiger partial charge in [0.05, 0.1) is 6.61 Å². The molecule has 0 heterocycles. The molecule has 0 saturated heterocycles. The molecule has 0 aliphatic carbocycles. The van der Waals surface area contributed by atoms with Gasteiger partial charge >= 0.3 is 6.16 Å². The smallest absolute Gasteiger partial charge is 0.434 e. The molecule has 0 fully saturated rings. The first-order valence-electron chi connectivity index (χ1n) is 4.68. The molecule has 1 aromatic carbocycles. The summed E-state index contributed by atoms with van der Waals surface area (Å²) < 4.78 is 9.63. The van der Waals surface area contributed by atoms with Crippen molar-refractivity contribution in [3.63, 3.8) is 0 Å². The lowest BCUT2D eigenvalue weighted by atomic mass is 10.2. The molecule has 0 unspecified atom stereocenters. The monoisotopic (exact) mass is 237 g/mol. The largest absolute Gasteiger partial charge is 0.513 e. The maximum atomic E-state index is 11.1. The Morgan fingerprint density at radius 2 is 2.31 bits per heavy atom. The van der Waals surface area contributed by atoms with Gasteiger partial charge in [0, 0.05) is 4.90 Å². The van der Waals surface area contributed by atoms with E-state index >= 15 is 0 Å². The minimum absolute atomic E-state index is 0.278. The number of carbonyl (C=O) groups is 1. The van der Waals surface area contributed by atoms with Crippen molar-refractivity contribution < 1.29 is 14.3 Å². The fourth-order valence-electron chi connectivity index (χ4n) is 1.09. The molecule has 0 aromatic heterocycles. The predicted octanol–water partition coefficient (Wildman–Crippen LogP) is 3.10. The molecule has 0 aliphatic rings. The lowest BCUT2D eigenvalue weighted by molar-refractivity contribution is 0.104. The molecule has 0 amide bonds. The number of hydrogen-bond acceptors (Lipinski definition) is 5. The SMILES string of the molecule is CCOC(=O)Oc1ccc(SC#N)cc1C. The quantitative estimate of drug-likeness (QED) is 0.350. The van der Waals surface area contributed by atoms with Crippen LogP contribution in [0, 0.1) is 17.6 Å². The second kappa shape index (κ2) is 6.03. The average molecular weight is 237 g/mol. The van der Waals surface area contributed by atoms with E-state index in [9.17, 15) is 4.79 Å². The molecular formula is C11H11NO3S. The molecule has 0 bridgehead atoms. The molecule has 4 nitrogen and oxygen atoms in total. The number of ether oxygens (including phenoxy) is 2. The van der Waals surface area contributed by atoms with Gasteiger partial charge in [0.25, 0.3) is 0 Å². The lowest BCUT2D eigenvalue weighted by Crippen LogP contribution is -2.10. The molecule has 0 aliphatic heterocycles. The lowest BCUT2D eigenvalue weighted by Gasteiger charge is -2.07. The first kappa shape index (κ1) is 12.4. The van der Waals surface area contributed by atoms with Crippen LogP contribution in [0.15, 0.2) is 23.1 Å². The summed E-state index contributed by atoms with van der Waals surface area (Å²) in [5.41, 5.74) is 0.785. The summed E-state index contributed by atoms with van der Waals surface area (Å²) in [6, 6.07) is 5.14. The summed E-state index contributed by atoms with van der Waals surface area (Å²) in [6.45, 7) is 3.79. The Morgan fingerprint density at radius 3 is 2.88 bits per heavy atom. The van der Waals surface area contributed by atoms with Gasteiger partial charge < -0.3 is 9.47 Å². The number of benzene rings is 1. The van der Waals surface area contributed by atoms with Gasteiger partial charge in [-0.15, -0.1) is 0 Å². The molecule has 0 spiro atoms. The van der Waals surface area contributed by atoms with Crippen molar-refractivity contribution in [2.75, 3.05) is 6.61 Å². The topological polar surface area (TPSA) is 59.3 Å². The molecule has 0 N–H and O–H groups in total. The van der Waals surface area contributed by atoms with E-state index in [1.54, 1.807) is 32.0 Å². The van der Waals surface area contributed by atoms with E-state index in [-0.39, 0.29) is 6.61 Å². The highest BCUT2D eigenvalue weighted by molar-refractivity contribution is 8.03. The highest BCUT2D eigenvalue weighted by Gasteiger charge is 2.08. The Kier molecular flexibility index (Phi) is 4.67. The standard InChI is InChI=1S/C11H11NO3S/c1-3-14-11(13)15-10-5-4-9(16-7-12)6-8(10)2/h4-6H,3H2,1-2H3. The van der Waals surface area contributed by atoms with Crippen molar-refractivity contribution in [2.45, 2.75) is 18.7 Å². The van der Waals surface area contributed by atoms with Crippen molar-refractivity contribution in [1.29, 1.82) is 5.26 Å². The maximum Gasteiger partial charge on any atom is 0.513 e. The maximum absolute atomic E-state index is 11.1. The first-order chi connectivity index (χ1) is 7.67. The highest BCUT2D eigenvalue weighted by atomic mass is 32.2. The molecule has 1 aromatic rings. The Labute approximate surface area is 98.2 Å². The summed E-state index contributed by atoms with van der Waals surface area (Å²) in [6.07, 6.45) is -0.716. The van der Waals surface area contributed by atoms with Crippen molar-refractivity contribution in [1.82, 2.24) is 0 Å². The van der Waals surface area contributed by atoms with Gasteiger partial charge in [-0.2, -0.15) is 5.26 Å². The Morgan fingerprint density at radius 1 is 1.56 bits per heavy atom. The van der Waals surface area contributed by atoms with E-state index in [0.29, 0.717) is 5.75 Å². The minimum atomic E-state index is -0.716. The Balaban J connectivity index is 2.75. The van der Waals surface area contributed by atoms with Crippen molar-refractivity contribution >= 4 is 17.9 Å². The van der Waals surface area contributed by atoms with Crippen LogP contribution in [0.2, 0.25) is 0 Å². The zero-order valence-electron chi connectivity index (χ0n) is 9.02. The molecule has 16 heavy (non-hydrogen) atoms. The third kappa shape index (κ3) is 3.48. The second-order valence-corrected chi connectivity index (χ2v) is 3.76. The van der Waals surface area contributed by atoms with Crippen molar-refractivity contribution in [3.8, 4) is 11.2 Å². The summed E-state index contributed by atoms with van der Waals surface area (Å²) in [7, 11) is 0. The van der Waals surface area contributed by atoms with Crippen LogP contribution in [0.3, 0.4) is 0 Å². The van der Waals surface area contributed by atoms with E-state index in [1.807, 2.05) is 5.40 Å². The van der Waals surface area contributed by atoms with Crippen LogP contribution in [-0.2, 0) is 4.74 Å². The third-order valence-corrected chi connectivity index (χ3v) is 2.35. The normalized spacial score (nSPS) is 9.31. The number of rotatable bonds is 3. The van der Waals surface area contributed by atoms with E-state index in [4.69, 9.17) is 10.00 Å². The van der Waals surface area contributed by atoms with Gasteiger partial charge in [-0.3, -0.25) is 0 Å². The van der Waals surface area contributed by atoms with Crippen LogP contribution in [0.4, 0.5) is 4.79 Å². The number of nitrogens with zero attached hydrogens (tertiary/aromatic N) is 1. The molecule has 0 saturated carbocycles. The zero-order valence-corrected chi connectivity index (χ0v) is 9.84. The van der Waals surface area contributed by atoms with Crippen molar-refractivity contribution in [2.24, 2.45) is 0 Å². The number of aryl methyl sites for hydroxylation is 1. The van der Waals surface area contributed by atoms with Crippen LogP contribution in [0.5, 0.6) is 5.75 Å². The molecule has 5 heteroatoms. The Bertz CT molecular complexity index is 426. The highest BCUT2D eigenvalue weighted by Crippen LogP contribution is 2.25. The van der Waals surface area contributed by atoms with Gasteiger partial charge in [0.1, 0.15) is 11.2 Å². The number of thioether (sulfide) groups is 1. The van der Waals surface area contributed by atoms with Gasteiger partial charge in [-0.25, -0.2) is 4.79 Å². The fraction of sp³-hybridized carbons (Fsp3) is 0.273. The molecular weight excluding hydrogens is 226 g/mol. The Hall–Kier alpha value is -1.67. The number of hydrogen-bond donors (Lipinski definition) is 0. The number of thiocyanates is 1. The van der Waals surface area contributed by atoms with Crippen LogP contribution in [0.25, 0.3) is 0 Å². The van der Waals surface area contributed by atoms with Gasteiger partial charge in [0.15, 0.2) is 0 Å².